The molecule has 8 heteroatoms. The second kappa shape index (κ2) is 9.84. The number of nitrogens with one attached hydrogen (secondary N) is 1. The first-order chi connectivity index (χ1) is 16.7. The van der Waals surface area contributed by atoms with Gasteiger partial charge in [0.2, 0.25) is 11.7 Å². The molecule has 2 aromatic heterocycles. The molecular weight excluding hydrogens is 448 g/mol. The largest absolute Gasteiger partial charge is 0.494 e. The maximum absolute atomic E-state index is 12.8. The number of hydrogen-bond donors (Lipinski definition) is 1. The normalized spacial score (nSPS) is 11.0. The Morgan fingerprint density at radius 2 is 1.82 bits per heavy atom. The molecule has 1 N–H and O–H groups in total. The van der Waals surface area contributed by atoms with Gasteiger partial charge in [-0.15, -0.1) is 10.2 Å². The number of hydrogen-bond acceptors (Lipinski definition) is 6. The Hall–Kier alpha value is -4.04. The van der Waals surface area contributed by atoms with Crippen LogP contribution in [0.2, 0.25) is 0 Å². The molecule has 0 atom stereocenters. The molecule has 0 fully saturated rings. The van der Waals surface area contributed by atoms with Gasteiger partial charge in [-0.25, -0.2) is 0 Å². The zero-order valence-corrected chi connectivity index (χ0v) is 19.3. The molecule has 34 heavy (non-hydrogen) atoms. The van der Waals surface area contributed by atoms with Crippen molar-refractivity contribution in [3.05, 3.63) is 85.1 Å². The third-order valence-electron chi connectivity index (χ3n) is 5.18. The smallest absolute Gasteiger partial charge is 0.234 e. The van der Waals surface area contributed by atoms with Crippen LogP contribution in [0.3, 0.4) is 0 Å². The van der Waals surface area contributed by atoms with E-state index >= 15 is 0 Å². The van der Waals surface area contributed by atoms with Crippen molar-refractivity contribution in [2.24, 2.45) is 0 Å². The standard InChI is InChI=1S/C26H22N4O3S/c1-2-32-20-14-12-19(13-15-20)30-25(23-11-6-16-33-23)28-29-26(30)34-17-24(31)27-22-10-5-8-18-7-3-4-9-21(18)22/h3-16H,2,17H2,1H3,(H,27,31). The number of amides is 1. The Morgan fingerprint density at radius 3 is 2.62 bits per heavy atom. The Labute approximate surface area is 200 Å². The van der Waals surface area contributed by atoms with Crippen LogP contribution < -0.4 is 10.1 Å². The van der Waals surface area contributed by atoms with E-state index in [1.165, 1.54) is 11.8 Å². The number of carbonyl (C=O) groups excluding carboxylic acids is 1. The zero-order chi connectivity index (χ0) is 23.3. The molecule has 0 saturated carbocycles. The first-order valence-electron chi connectivity index (χ1n) is 10.9. The van der Waals surface area contributed by atoms with Crippen LogP contribution in [0.15, 0.2) is 94.7 Å². The van der Waals surface area contributed by atoms with Crippen LogP contribution in [0.1, 0.15) is 6.92 Å². The lowest BCUT2D eigenvalue weighted by Gasteiger charge is -2.11. The third-order valence-corrected chi connectivity index (χ3v) is 6.11. The number of carbonyl (C=O) groups is 1. The van der Waals surface area contributed by atoms with Gasteiger partial charge in [-0.2, -0.15) is 0 Å². The predicted molar refractivity (Wildman–Crippen MR) is 134 cm³/mol. The number of furan rings is 1. The molecule has 3 aromatic carbocycles. The zero-order valence-electron chi connectivity index (χ0n) is 18.5. The summed E-state index contributed by atoms with van der Waals surface area (Å²) in [5.41, 5.74) is 1.63. The average molecular weight is 471 g/mol. The van der Waals surface area contributed by atoms with Crippen molar-refractivity contribution in [1.82, 2.24) is 14.8 Å². The predicted octanol–water partition coefficient (Wildman–Crippen LogP) is 5.81. The fraction of sp³-hybridized carbons (Fsp3) is 0.115. The van der Waals surface area contributed by atoms with Crippen molar-refractivity contribution >= 4 is 34.1 Å². The number of anilines is 1. The summed E-state index contributed by atoms with van der Waals surface area (Å²) < 4.78 is 13.0. The Morgan fingerprint density at radius 1 is 1.00 bits per heavy atom. The number of ether oxygens (including phenoxy) is 1. The molecule has 1 amide bonds. The molecule has 0 radical (unpaired) electrons. The summed E-state index contributed by atoms with van der Waals surface area (Å²) in [5.74, 6) is 1.99. The van der Waals surface area contributed by atoms with Crippen LogP contribution in [-0.2, 0) is 4.79 Å². The topological polar surface area (TPSA) is 82.2 Å². The van der Waals surface area contributed by atoms with E-state index in [1.54, 1.807) is 12.3 Å². The van der Waals surface area contributed by atoms with Gasteiger partial charge in [-0.3, -0.25) is 9.36 Å². The number of rotatable bonds is 8. The van der Waals surface area contributed by atoms with Crippen LogP contribution >= 0.6 is 11.8 Å². The molecule has 7 nitrogen and oxygen atoms in total. The van der Waals surface area contributed by atoms with Gasteiger partial charge < -0.3 is 14.5 Å². The van der Waals surface area contributed by atoms with Crippen LogP contribution in [0.25, 0.3) is 28.0 Å². The van der Waals surface area contributed by atoms with E-state index in [4.69, 9.17) is 9.15 Å². The number of aromatic nitrogens is 3. The quantitative estimate of drug-likeness (QED) is 0.288. The van der Waals surface area contributed by atoms with Crippen molar-refractivity contribution in [2.45, 2.75) is 12.1 Å². The number of fused-ring (bicyclic) bond motifs is 1. The first-order valence-corrected chi connectivity index (χ1v) is 11.8. The summed E-state index contributed by atoms with van der Waals surface area (Å²) in [5, 5.41) is 14.4. The third kappa shape index (κ3) is 4.53. The highest BCUT2D eigenvalue weighted by Crippen LogP contribution is 2.30. The van der Waals surface area contributed by atoms with Gasteiger partial charge in [0.25, 0.3) is 0 Å². The summed E-state index contributed by atoms with van der Waals surface area (Å²) in [6.45, 7) is 2.54. The molecule has 0 unspecified atom stereocenters. The lowest BCUT2D eigenvalue weighted by Crippen LogP contribution is -2.14. The maximum Gasteiger partial charge on any atom is 0.234 e. The van der Waals surface area contributed by atoms with Gasteiger partial charge in [0.1, 0.15) is 5.75 Å². The molecule has 5 aromatic rings. The minimum absolute atomic E-state index is 0.123. The summed E-state index contributed by atoms with van der Waals surface area (Å²) in [7, 11) is 0. The molecule has 0 saturated heterocycles. The second-order valence-corrected chi connectivity index (χ2v) is 8.35. The molecule has 0 aliphatic heterocycles. The molecule has 2 heterocycles. The molecule has 5 rings (SSSR count). The monoisotopic (exact) mass is 470 g/mol. The molecule has 0 aliphatic carbocycles. The highest BCUT2D eigenvalue weighted by molar-refractivity contribution is 7.99. The molecule has 0 aliphatic rings. The fourth-order valence-electron chi connectivity index (χ4n) is 3.67. The number of nitrogens with zero attached hydrogens (tertiary/aromatic N) is 3. The highest BCUT2D eigenvalue weighted by atomic mass is 32.2. The van der Waals surface area contributed by atoms with Crippen LogP contribution in [-0.4, -0.2) is 33.0 Å². The second-order valence-electron chi connectivity index (χ2n) is 7.41. The van der Waals surface area contributed by atoms with E-state index in [0.29, 0.717) is 23.3 Å². The number of thioether (sulfide) groups is 1. The highest BCUT2D eigenvalue weighted by Gasteiger charge is 2.19. The van der Waals surface area contributed by atoms with Crippen molar-refractivity contribution in [2.75, 3.05) is 17.7 Å². The van der Waals surface area contributed by atoms with E-state index in [0.717, 1.165) is 27.9 Å². The van der Waals surface area contributed by atoms with Crippen LogP contribution in [0.4, 0.5) is 5.69 Å². The Bertz CT molecular complexity index is 1410. The average Bonchev–Trinajstić information content (AvgIpc) is 3.54. The van der Waals surface area contributed by atoms with E-state index in [2.05, 4.69) is 15.5 Å². The van der Waals surface area contributed by atoms with Gasteiger partial charge in [0, 0.05) is 11.1 Å². The van der Waals surface area contributed by atoms with E-state index in [1.807, 2.05) is 84.3 Å². The Kier molecular flexibility index (Phi) is 6.31. The first kappa shape index (κ1) is 21.8. The van der Waals surface area contributed by atoms with E-state index in [-0.39, 0.29) is 11.7 Å². The fourth-order valence-corrected chi connectivity index (χ4v) is 4.42. The molecule has 170 valence electrons. The van der Waals surface area contributed by atoms with Crippen LogP contribution in [0.5, 0.6) is 5.75 Å². The molecule has 0 bridgehead atoms. The lowest BCUT2D eigenvalue weighted by molar-refractivity contribution is -0.113. The molecular formula is C26H22N4O3S. The van der Waals surface area contributed by atoms with Crippen molar-refractivity contribution in [3.63, 3.8) is 0 Å². The summed E-state index contributed by atoms with van der Waals surface area (Å²) >= 11 is 1.31. The summed E-state index contributed by atoms with van der Waals surface area (Å²) in [4.78, 5) is 12.8. The molecule has 0 spiro atoms. The van der Waals surface area contributed by atoms with E-state index < -0.39 is 0 Å². The summed E-state index contributed by atoms with van der Waals surface area (Å²) in [6, 6.07) is 25.1. The Balaban J connectivity index is 1.38. The maximum atomic E-state index is 12.8. The van der Waals surface area contributed by atoms with E-state index in [9.17, 15) is 4.79 Å². The lowest BCUT2D eigenvalue weighted by atomic mass is 10.1. The number of benzene rings is 3. The van der Waals surface area contributed by atoms with Gasteiger partial charge in [0.05, 0.1) is 24.3 Å². The minimum atomic E-state index is -0.123. The van der Waals surface area contributed by atoms with Gasteiger partial charge >= 0.3 is 0 Å². The van der Waals surface area contributed by atoms with Crippen molar-refractivity contribution < 1.29 is 13.9 Å². The van der Waals surface area contributed by atoms with Gasteiger partial charge in [-0.05, 0) is 54.8 Å². The minimum Gasteiger partial charge on any atom is -0.494 e. The van der Waals surface area contributed by atoms with Gasteiger partial charge in [0.15, 0.2) is 10.9 Å². The van der Waals surface area contributed by atoms with Crippen molar-refractivity contribution in [1.29, 1.82) is 0 Å². The van der Waals surface area contributed by atoms with Crippen molar-refractivity contribution in [3.8, 4) is 23.0 Å². The van der Waals surface area contributed by atoms with Gasteiger partial charge in [-0.1, -0.05) is 48.2 Å². The van der Waals surface area contributed by atoms with Crippen LogP contribution in [0, 0.1) is 0 Å². The summed E-state index contributed by atoms with van der Waals surface area (Å²) in [6.07, 6.45) is 1.59. The SMILES string of the molecule is CCOc1ccc(-n2c(SCC(=O)Nc3cccc4ccccc34)nnc2-c2ccco2)cc1.